The second-order valence-corrected chi connectivity index (χ2v) is 5.42. The molecular weight excluding hydrogens is 295 g/mol. The van der Waals surface area contributed by atoms with Crippen molar-refractivity contribution in [3.63, 3.8) is 0 Å². The highest BCUT2D eigenvalue weighted by Gasteiger charge is 2.10. The van der Waals surface area contributed by atoms with E-state index in [1.54, 1.807) is 18.2 Å². The summed E-state index contributed by atoms with van der Waals surface area (Å²) in [7, 11) is 0. The minimum Gasteiger partial charge on any atom is -0.485 e. The van der Waals surface area contributed by atoms with Crippen LogP contribution in [0.3, 0.4) is 0 Å². The Labute approximate surface area is 128 Å². The lowest BCUT2D eigenvalue weighted by Gasteiger charge is -2.09. The number of aryl methyl sites for hydroxylation is 2. The van der Waals surface area contributed by atoms with E-state index >= 15 is 0 Å². The Balaban J connectivity index is 2.06. The fraction of sp³-hybridized carbons (Fsp3) is 0.188. The number of rotatable bonds is 4. The van der Waals surface area contributed by atoms with Crippen molar-refractivity contribution in [1.29, 1.82) is 0 Å². The van der Waals surface area contributed by atoms with Crippen molar-refractivity contribution in [2.45, 2.75) is 13.8 Å². The SMILES string of the molecule is Cc1ccc(OCC(=O)c2ccc(Cl)c(Cl)c2)c(C)c1. The van der Waals surface area contributed by atoms with Gasteiger partial charge in [-0.05, 0) is 43.7 Å². The molecule has 0 atom stereocenters. The van der Waals surface area contributed by atoms with Crippen LogP contribution in [0.1, 0.15) is 21.5 Å². The normalized spacial score (nSPS) is 10.4. The summed E-state index contributed by atoms with van der Waals surface area (Å²) >= 11 is 11.7. The van der Waals surface area contributed by atoms with Crippen LogP contribution in [0.2, 0.25) is 10.0 Å². The highest BCUT2D eigenvalue weighted by atomic mass is 35.5. The third kappa shape index (κ3) is 3.53. The predicted molar refractivity (Wildman–Crippen MR) is 82.2 cm³/mol. The van der Waals surface area contributed by atoms with Crippen LogP contribution in [-0.2, 0) is 0 Å². The van der Waals surface area contributed by atoms with Crippen molar-refractivity contribution < 1.29 is 9.53 Å². The highest BCUT2D eigenvalue weighted by Crippen LogP contribution is 2.23. The Morgan fingerprint density at radius 1 is 1.05 bits per heavy atom. The number of benzene rings is 2. The lowest BCUT2D eigenvalue weighted by molar-refractivity contribution is 0.0921. The van der Waals surface area contributed by atoms with Gasteiger partial charge in [-0.25, -0.2) is 0 Å². The van der Waals surface area contributed by atoms with E-state index < -0.39 is 0 Å². The van der Waals surface area contributed by atoms with Gasteiger partial charge in [0.25, 0.3) is 0 Å². The Kier molecular flexibility index (Phi) is 4.69. The van der Waals surface area contributed by atoms with E-state index in [-0.39, 0.29) is 12.4 Å². The molecule has 0 heterocycles. The molecule has 0 amide bonds. The van der Waals surface area contributed by atoms with Crippen molar-refractivity contribution in [3.05, 3.63) is 63.1 Å². The summed E-state index contributed by atoms with van der Waals surface area (Å²) in [6.45, 7) is 3.94. The van der Waals surface area contributed by atoms with Gasteiger partial charge in [0.05, 0.1) is 10.0 Å². The van der Waals surface area contributed by atoms with Crippen molar-refractivity contribution in [2.24, 2.45) is 0 Å². The van der Waals surface area contributed by atoms with Crippen LogP contribution in [0, 0.1) is 13.8 Å². The molecule has 0 radical (unpaired) electrons. The van der Waals surface area contributed by atoms with Crippen LogP contribution in [-0.4, -0.2) is 12.4 Å². The van der Waals surface area contributed by atoms with Crippen molar-refractivity contribution >= 4 is 29.0 Å². The largest absolute Gasteiger partial charge is 0.485 e. The molecule has 0 spiro atoms. The maximum atomic E-state index is 12.0. The topological polar surface area (TPSA) is 26.3 Å². The first-order valence-electron chi connectivity index (χ1n) is 6.15. The van der Waals surface area contributed by atoms with Gasteiger partial charge in [-0.3, -0.25) is 4.79 Å². The monoisotopic (exact) mass is 308 g/mol. The molecule has 0 fully saturated rings. The standard InChI is InChI=1S/C16H14Cl2O2/c1-10-3-6-16(11(2)7-10)20-9-15(19)12-4-5-13(17)14(18)8-12/h3-8H,9H2,1-2H3. The molecule has 0 bridgehead atoms. The van der Waals surface area contributed by atoms with Gasteiger partial charge in [-0.2, -0.15) is 0 Å². The molecular formula is C16H14Cl2O2. The van der Waals surface area contributed by atoms with Crippen LogP contribution in [0.15, 0.2) is 36.4 Å². The first kappa shape index (κ1) is 14.9. The Morgan fingerprint density at radius 3 is 2.45 bits per heavy atom. The lowest BCUT2D eigenvalue weighted by atomic mass is 10.1. The van der Waals surface area contributed by atoms with Gasteiger partial charge in [0, 0.05) is 5.56 Å². The number of ketones is 1. The van der Waals surface area contributed by atoms with E-state index in [1.165, 1.54) is 0 Å². The molecule has 2 aromatic carbocycles. The predicted octanol–water partition coefficient (Wildman–Crippen LogP) is 4.87. The molecule has 4 heteroatoms. The molecule has 2 rings (SSSR count). The molecule has 2 nitrogen and oxygen atoms in total. The highest BCUT2D eigenvalue weighted by molar-refractivity contribution is 6.42. The molecule has 0 aromatic heterocycles. The molecule has 20 heavy (non-hydrogen) atoms. The second-order valence-electron chi connectivity index (χ2n) is 4.61. The number of halogens is 2. The molecule has 0 aliphatic heterocycles. The first-order chi connectivity index (χ1) is 9.47. The molecule has 0 unspecified atom stereocenters. The van der Waals surface area contributed by atoms with Gasteiger partial charge in [-0.15, -0.1) is 0 Å². The Bertz CT molecular complexity index is 651. The average molecular weight is 309 g/mol. The minimum atomic E-state index is -0.136. The summed E-state index contributed by atoms with van der Waals surface area (Å²) in [5, 5.41) is 0.794. The summed E-state index contributed by atoms with van der Waals surface area (Å²) in [5.41, 5.74) is 2.65. The van der Waals surface area contributed by atoms with Gasteiger partial charge in [-0.1, -0.05) is 40.9 Å². The Morgan fingerprint density at radius 2 is 1.80 bits per heavy atom. The summed E-state index contributed by atoms with van der Waals surface area (Å²) in [6, 6.07) is 10.6. The van der Waals surface area contributed by atoms with E-state index in [0.29, 0.717) is 21.4 Å². The minimum absolute atomic E-state index is 0.0259. The zero-order valence-corrected chi connectivity index (χ0v) is 12.8. The van der Waals surface area contributed by atoms with Gasteiger partial charge >= 0.3 is 0 Å². The van der Waals surface area contributed by atoms with Gasteiger partial charge in [0.1, 0.15) is 5.75 Å². The van der Waals surface area contributed by atoms with Crippen molar-refractivity contribution in [3.8, 4) is 5.75 Å². The third-order valence-electron chi connectivity index (χ3n) is 2.93. The lowest BCUT2D eigenvalue weighted by Crippen LogP contribution is -2.12. The smallest absolute Gasteiger partial charge is 0.200 e. The van der Waals surface area contributed by atoms with Gasteiger partial charge in [0.2, 0.25) is 0 Å². The molecule has 2 aromatic rings. The summed E-state index contributed by atoms with van der Waals surface area (Å²) in [4.78, 5) is 12.0. The average Bonchev–Trinajstić information content (AvgIpc) is 2.40. The van der Waals surface area contributed by atoms with Gasteiger partial charge < -0.3 is 4.74 Å². The third-order valence-corrected chi connectivity index (χ3v) is 3.67. The van der Waals surface area contributed by atoms with Crippen LogP contribution < -0.4 is 4.74 Å². The van der Waals surface area contributed by atoms with E-state index in [2.05, 4.69) is 0 Å². The van der Waals surface area contributed by atoms with E-state index in [9.17, 15) is 4.79 Å². The van der Waals surface area contributed by atoms with Crippen molar-refractivity contribution in [1.82, 2.24) is 0 Å². The number of ether oxygens (including phenoxy) is 1. The van der Waals surface area contributed by atoms with Crippen LogP contribution in [0.4, 0.5) is 0 Å². The summed E-state index contributed by atoms with van der Waals surface area (Å²) in [5.74, 6) is 0.576. The maximum absolute atomic E-state index is 12.0. The number of Topliss-reactive ketones (excluding diaryl/α,β-unsaturated/α-hetero) is 1. The fourth-order valence-corrected chi connectivity index (χ4v) is 2.16. The van der Waals surface area contributed by atoms with Gasteiger partial charge in [0.15, 0.2) is 12.4 Å². The molecule has 0 aliphatic carbocycles. The Hall–Kier alpha value is -1.51. The second kappa shape index (κ2) is 6.29. The molecule has 0 N–H and O–H groups in total. The summed E-state index contributed by atoms with van der Waals surface area (Å²) < 4.78 is 5.55. The van der Waals surface area contributed by atoms with Crippen LogP contribution >= 0.6 is 23.2 Å². The van der Waals surface area contributed by atoms with Crippen LogP contribution in [0.25, 0.3) is 0 Å². The van der Waals surface area contributed by atoms with E-state index in [4.69, 9.17) is 27.9 Å². The number of hydrogen-bond donors (Lipinski definition) is 0. The first-order valence-corrected chi connectivity index (χ1v) is 6.91. The number of hydrogen-bond acceptors (Lipinski definition) is 2. The molecule has 0 saturated heterocycles. The zero-order valence-electron chi connectivity index (χ0n) is 11.2. The summed E-state index contributed by atoms with van der Waals surface area (Å²) in [6.07, 6.45) is 0. The van der Waals surface area contributed by atoms with Crippen LogP contribution in [0.5, 0.6) is 5.75 Å². The number of carbonyl (C=O) groups excluding carboxylic acids is 1. The molecule has 104 valence electrons. The van der Waals surface area contributed by atoms with E-state index in [1.807, 2.05) is 32.0 Å². The quantitative estimate of drug-likeness (QED) is 0.753. The fourth-order valence-electron chi connectivity index (χ4n) is 1.86. The maximum Gasteiger partial charge on any atom is 0.200 e. The van der Waals surface area contributed by atoms with Crippen molar-refractivity contribution in [2.75, 3.05) is 6.61 Å². The molecule has 0 aliphatic rings. The van der Waals surface area contributed by atoms with E-state index in [0.717, 1.165) is 11.1 Å². The molecule has 0 saturated carbocycles. The zero-order chi connectivity index (χ0) is 14.7. The number of carbonyl (C=O) groups is 1.